The molecule has 1 heterocycles. The first-order valence-corrected chi connectivity index (χ1v) is 4.92. The Labute approximate surface area is 87.7 Å². The van der Waals surface area contributed by atoms with Gasteiger partial charge in [0, 0.05) is 25.2 Å². The van der Waals surface area contributed by atoms with Crippen LogP contribution in [-0.2, 0) is 11.2 Å². The Morgan fingerprint density at radius 1 is 1.47 bits per heavy atom. The van der Waals surface area contributed by atoms with Gasteiger partial charge < -0.3 is 5.11 Å². The van der Waals surface area contributed by atoms with Gasteiger partial charge in [0.15, 0.2) is 0 Å². The van der Waals surface area contributed by atoms with Crippen LogP contribution in [0, 0.1) is 0 Å². The Bertz CT molecular complexity index is 357. The van der Waals surface area contributed by atoms with Gasteiger partial charge in [-0.3, -0.25) is 14.2 Å². The fourth-order valence-electron chi connectivity index (χ4n) is 1.30. The van der Waals surface area contributed by atoms with Gasteiger partial charge in [-0.1, -0.05) is 6.92 Å². The highest BCUT2D eigenvalue weighted by Crippen LogP contribution is 2.04. The second-order valence-electron chi connectivity index (χ2n) is 3.25. The molecule has 15 heavy (non-hydrogen) atoms. The van der Waals surface area contributed by atoms with E-state index in [9.17, 15) is 9.59 Å². The third-order valence-electron chi connectivity index (χ3n) is 2.01. The summed E-state index contributed by atoms with van der Waals surface area (Å²) >= 11 is 0. The Balaban J connectivity index is 2.64. The fourth-order valence-corrected chi connectivity index (χ4v) is 1.30. The molecule has 0 spiro atoms. The summed E-state index contributed by atoms with van der Waals surface area (Å²) in [5.41, 5.74) is 0. The first kappa shape index (κ1) is 11.4. The van der Waals surface area contributed by atoms with Crippen LogP contribution in [-0.4, -0.2) is 26.5 Å². The number of hydrogen-bond donors (Lipinski definition) is 1. The van der Waals surface area contributed by atoms with E-state index < -0.39 is 5.97 Å². The van der Waals surface area contributed by atoms with E-state index >= 15 is 0 Å². The van der Waals surface area contributed by atoms with Crippen molar-refractivity contribution in [1.29, 1.82) is 0 Å². The molecule has 0 fully saturated rings. The Hall–Kier alpha value is -1.65. The lowest BCUT2D eigenvalue weighted by atomic mass is 10.3. The van der Waals surface area contributed by atoms with Crippen molar-refractivity contribution in [2.24, 2.45) is 0 Å². The summed E-state index contributed by atoms with van der Waals surface area (Å²) in [6.45, 7) is 2.00. The van der Waals surface area contributed by atoms with Gasteiger partial charge in [0.2, 0.25) is 5.91 Å². The van der Waals surface area contributed by atoms with E-state index in [1.54, 1.807) is 12.4 Å². The average Bonchev–Trinajstić information content (AvgIpc) is 2.63. The number of aliphatic carboxylic acids is 1. The Morgan fingerprint density at radius 2 is 2.20 bits per heavy atom. The number of nitrogens with zero attached hydrogens (tertiary/aromatic N) is 2. The van der Waals surface area contributed by atoms with Gasteiger partial charge in [-0.25, -0.2) is 4.98 Å². The van der Waals surface area contributed by atoms with Crippen LogP contribution in [0.5, 0.6) is 0 Å². The first-order chi connectivity index (χ1) is 7.15. The van der Waals surface area contributed by atoms with Gasteiger partial charge in [-0.05, 0) is 6.42 Å². The SMILES string of the molecule is CCCc1nccn1C(=O)CCC(=O)O. The summed E-state index contributed by atoms with van der Waals surface area (Å²) < 4.78 is 1.44. The molecule has 0 saturated heterocycles. The van der Waals surface area contributed by atoms with Crippen molar-refractivity contribution in [3.05, 3.63) is 18.2 Å². The standard InChI is InChI=1S/C10H14N2O3/c1-2-3-8-11-6-7-12(8)9(13)4-5-10(14)15/h6-7H,2-5H2,1H3,(H,14,15). The predicted octanol–water partition coefficient (Wildman–Crippen LogP) is 1.34. The van der Waals surface area contributed by atoms with Gasteiger partial charge in [-0.15, -0.1) is 0 Å². The zero-order valence-electron chi connectivity index (χ0n) is 8.64. The quantitative estimate of drug-likeness (QED) is 0.796. The third kappa shape index (κ3) is 3.19. The van der Waals surface area contributed by atoms with E-state index in [-0.39, 0.29) is 18.7 Å². The number of carbonyl (C=O) groups excluding carboxylic acids is 1. The van der Waals surface area contributed by atoms with Crippen LogP contribution < -0.4 is 0 Å². The molecule has 1 aromatic heterocycles. The number of rotatable bonds is 5. The van der Waals surface area contributed by atoms with Gasteiger partial charge in [0.25, 0.3) is 0 Å². The van der Waals surface area contributed by atoms with Crippen molar-refractivity contribution in [2.75, 3.05) is 0 Å². The van der Waals surface area contributed by atoms with E-state index in [1.807, 2.05) is 6.92 Å². The summed E-state index contributed by atoms with van der Waals surface area (Å²) in [5.74, 6) is -0.466. The molecule has 5 nitrogen and oxygen atoms in total. The van der Waals surface area contributed by atoms with Gasteiger partial charge in [-0.2, -0.15) is 0 Å². The molecule has 0 atom stereocenters. The van der Waals surface area contributed by atoms with Crippen LogP contribution in [0.1, 0.15) is 36.8 Å². The highest BCUT2D eigenvalue weighted by Gasteiger charge is 2.11. The highest BCUT2D eigenvalue weighted by atomic mass is 16.4. The van der Waals surface area contributed by atoms with Crippen LogP contribution in [0.25, 0.3) is 0 Å². The lowest BCUT2D eigenvalue weighted by Crippen LogP contribution is -2.14. The van der Waals surface area contributed by atoms with Gasteiger partial charge >= 0.3 is 5.97 Å². The van der Waals surface area contributed by atoms with E-state index in [1.165, 1.54) is 4.57 Å². The molecule has 0 radical (unpaired) electrons. The topological polar surface area (TPSA) is 72.2 Å². The zero-order chi connectivity index (χ0) is 11.3. The van der Waals surface area contributed by atoms with Crippen molar-refractivity contribution in [1.82, 2.24) is 9.55 Å². The molecule has 0 unspecified atom stereocenters. The van der Waals surface area contributed by atoms with E-state index in [2.05, 4.69) is 4.98 Å². The molecule has 0 aliphatic rings. The second-order valence-corrected chi connectivity index (χ2v) is 3.25. The lowest BCUT2D eigenvalue weighted by molar-refractivity contribution is -0.136. The van der Waals surface area contributed by atoms with Crippen LogP contribution in [0.3, 0.4) is 0 Å². The number of aromatic nitrogens is 2. The Kier molecular flexibility index (Phi) is 4.03. The van der Waals surface area contributed by atoms with Crippen LogP contribution in [0.15, 0.2) is 12.4 Å². The minimum atomic E-state index is -0.958. The molecule has 0 aromatic carbocycles. The van der Waals surface area contributed by atoms with Crippen molar-refractivity contribution in [2.45, 2.75) is 32.6 Å². The Morgan fingerprint density at radius 3 is 2.80 bits per heavy atom. The van der Waals surface area contributed by atoms with Crippen LogP contribution in [0.4, 0.5) is 0 Å². The molecule has 1 aromatic rings. The first-order valence-electron chi connectivity index (χ1n) is 4.92. The molecule has 0 amide bonds. The molecule has 1 N–H and O–H groups in total. The molecular formula is C10H14N2O3. The molecule has 1 rings (SSSR count). The summed E-state index contributed by atoms with van der Waals surface area (Å²) in [6, 6.07) is 0. The monoisotopic (exact) mass is 210 g/mol. The predicted molar refractivity (Wildman–Crippen MR) is 53.7 cm³/mol. The average molecular weight is 210 g/mol. The van der Waals surface area contributed by atoms with Crippen molar-refractivity contribution >= 4 is 11.9 Å². The largest absolute Gasteiger partial charge is 0.481 e. The van der Waals surface area contributed by atoms with E-state index in [0.29, 0.717) is 5.82 Å². The van der Waals surface area contributed by atoms with Crippen molar-refractivity contribution < 1.29 is 14.7 Å². The number of carboxylic acid groups (broad SMARTS) is 1. The van der Waals surface area contributed by atoms with E-state index in [0.717, 1.165) is 12.8 Å². The molecule has 0 aliphatic heterocycles. The maximum Gasteiger partial charge on any atom is 0.303 e. The van der Waals surface area contributed by atoms with Gasteiger partial charge in [0.05, 0.1) is 6.42 Å². The third-order valence-corrected chi connectivity index (χ3v) is 2.01. The molecule has 0 aliphatic carbocycles. The maximum absolute atomic E-state index is 11.6. The number of imidazole rings is 1. The van der Waals surface area contributed by atoms with Gasteiger partial charge in [0.1, 0.15) is 5.82 Å². The summed E-state index contributed by atoms with van der Waals surface area (Å²) in [5, 5.41) is 8.46. The number of hydrogen-bond acceptors (Lipinski definition) is 3. The molecule has 0 saturated carbocycles. The minimum absolute atomic E-state index is 0.0163. The smallest absolute Gasteiger partial charge is 0.303 e. The van der Waals surface area contributed by atoms with Crippen LogP contribution in [0.2, 0.25) is 0 Å². The molecular weight excluding hydrogens is 196 g/mol. The van der Waals surface area contributed by atoms with E-state index in [4.69, 9.17) is 5.11 Å². The molecule has 5 heteroatoms. The normalized spacial score (nSPS) is 10.2. The number of carbonyl (C=O) groups is 2. The van der Waals surface area contributed by atoms with Crippen molar-refractivity contribution in [3.8, 4) is 0 Å². The second kappa shape index (κ2) is 5.29. The van der Waals surface area contributed by atoms with Crippen LogP contribution >= 0.6 is 0 Å². The summed E-state index contributed by atoms with van der Waals surface area (Å²) in [7, 11) is 0. The fraction of sp³-hybridized carbons (Fsp3) is 0.500. The number of aryl methyl sites for hydroxylation is 1. The number of carboxylic acids is 1. The molecule has 82 valence electrons. The minimum Gasteiger partial charge on any atom is -0.481 e. The zero-order valence-corrected chi connectivity index (χ0v) is 8.64. The summed E-state index contributed by atoms with van der Waals surface area (Å²) in [6.07, 6.45) is 4.65. The molecule has 0 bridgehead atoms. The highest BCUT2D eigenvalue weighted by molar-refractivity contribution is 5.83. The lowest BCUT2D eigenvalue weighted by Gasteiger charge is -2.04. The van der Waals surface area contributed by atoms with Crippen molar-refractivity contribution in [3.63, 3.8) is 0 Å². The maximum atomic E-state index is 11.6. The summed E-state index contributed by atoms with van der Waals surface area (Å²) in [4.78, 5) is 25.9.